The van der Waals surface area contributed by atoms with Crippen molar-refractivity contribution in [1.82, 2.24) is 5.32 Å². The summed E-state index contributed by atoms with van der Waals surface area (Å²) >= 11 is 0. The summed E-state index contributed by atoms with van der Waals surface area (Å²) < 4.78 is 0. The average Bonchev–Trinajstić information content (AvgIpc) is 2.34. The number of nitrogens with one attached hydrogen (secondary N) is 1. The summed E-state index contributed by atoms with van der Waals surface area (Å²) in [6.45, 7) is 0.321. The Bertz CT molecular complexity index is 347. The summed E-state index contributed by atoms with van der Waals surface area (Å²) in [5, 5.41) is 11.2. The van der Waals surface area contributed by atoms with E-state index in [2.05, 4.69) is 5.32 Å². The minimum atomic E-state index is -0.0178. The van der Waals surface area contributed by atoms with E-state index in [0.29, 0.717) is 13.0 Å². The number of hydrogen-bond acceptors (Lipinski definition) is 3. The zero-order chi connectivity index (χ0) is 12.7. The van der Waals surface area contributed by atoms with Crippen molar-refractivity contribution in [3.8, 4) is 0 Å². The monoisotopic (exact) mass is 236 g/mol. The Morgan fingerprint density at radius 1 is 1.29 bits per heavy atom. The Labute approximate surface area is 102 Å². The molecule has 0 spiro atoms. The molecule has 4 nitrogen and oxygen atoms in total. The van der Waals surface area contributed by atoms with Gasteiger partial charge in [0.05, 0.1) is 6.61 Å². The number of aliphatic hydroxyl groups is 1. The molecule has 1 aromatic carbocycles. The molecule has 0 aliphatic carbocycles. The minimum Gasteiger partial charge on any atom is -0.395 e. The SMILES string of the molecule is CN(C)c1ccc(CCC(=O)NCCO)cc1. The van der Waals surface area contributed by atoms with Gasteiger partial charge in [-0.2, -0.15) is 0 Å². The van der Waals surface area contributed by atoms with Crippen LogP contribution in [0.4, 0.5) is 5.69 Å². The van der Waals surface area contributed by atoms with Gasteiger partial charge in [-0.15, -0.1) is 0 Å². The topological polar surface area (TPSA) is 52.6 Å². The average molecular weight is 236 g/mol. The predicted octanol–water partition coefficient (Wildman–Crippen LogP) is 0.794. The third-order valence-corrected chi connectivity index (χ3v) is 2.53. The van der Waals surface area contributed by atoms with Gasteiger partial charge in [-0.1, -0.05) is 12.1 Å². The third kappa shape index (κ3) is 4.87. The second kappa shape index (κ2) is 6.91. The van der Waals surface area contributed by atoms with E-state index in [4.69, 9.17) is 5.11 Å². The molecular weight excluding hydrogens is 216 g/mol. The van der Waals surface area contributed by atoms with Gasteiger partial charge < -0.3 is 15.3 Å². The number of anilines is 1. The molecule has 0 aliphatic heterocycles. The summed E-state index contributed by atoms with van der Waals surface area (Å²) in [7, 11) is 3.99. The first-order valence-electron chi connectivity index (χ1n) is 5.77. The van der Waals surface area contributed by atoms with Gasteiger partial charge in [-0.3, -0.25) is 4.79 Å². The van der Waals surface area contributed by atoms with Crippen molar-refractivity contribution in [3.05, 3.63) is 29.8 Å². The highest BCUT2D eigenvalue weighted by atomic mass is 16.3. The number of rotatable bonds is 6. The van der Waals surface area contributed by atoms with E-state index >= 15 is 0 Å². The second-order valence-corrected chi connectivity index (χ2v) is 4.13. The molecular formula is C13H20N2O2. The van der Waals surface area contributed by atoms with Crippen molar-refractivity contribution in [2.75, 3.05) is 32.1 Å². The van der Waals surface area contributed by atoms with Crippen LogP contribution in [0.5, 0.6) is 0 Å². The highest BCUT2D eigenvalue weighted by molar-refractivity contribution is 5.76. The van der Waals surface area contributed by atoms with Gasteiger partial charge in [-0.25, -0.2) is 0 Å². The normalized spacial score (nSPS) is 10.1. The Hall–Kier alpha value is -1.55. The maximum Gasteiger partial charge on any atom is 0.220 e. The highest BCUT2D eigenvalue weighted by Crippen LogP contribution is 2.13. The zero-order valence-electron chi connectivity index (χ0n) is 10.4. The first-order valence-corrected chi connectivity index (χ1v) is 5.77. The number of nitrogens with zero attached hydrogens (tertiary/aromatic N) is 1. The molecule has 94 valence electrons. The van der Waals surface area contributed by atoms with Crippen molar-refractivity contribution in [3.63, 3.8) is 0 Å². The summed E-state index contributed by atoms with van der Waals surface area (Å²) in [5.74, 6) is -0.0178. The standard InChI is InChI=1S/C13H20N2O2/c1-15(2)12-6-3-11(4-7-12)5-8-13(17)14-9-10-16/h3-4,6-7,16H,5,8-10H2,1-2H3,(H,14,17). The second-order valence-electron chi connectivity index (χ2n) is 4.13. The quantitative estimate of drug-likeness (QED) is 0.768. The van der Waals surface area contributed by atoms with E-state index in [0.717, 1.165) is 17.7 Å². The maximum atomic E-state index is 11.3. The van der Waals surface area contributed by atoms with Crippen molar-refractivity contribution < 1.29 is 9.90 Å². The summed E-state index contributed by atoms with van der Waals surface area (Å²) in [5.41, 5.74) is 2.30. The van der Waals surface area contributed by atoms with Crippen molar-refractivity contribution in [2.45, 2.75) is 12.8 Å². The van der Waals surface area contributed by atoms with Crippen molar-refractivity contribution in [2.24, 2.45) is 0 Å². The van der Waals surface area contributed by atoms with Crippen LogP contribution in [-0.4, -0.2) is 38.3 Å². The first kappa shape index (κ1) is 13.5. The van der Waals surface area contributed by atoms with Gasteiger partial charge >= 0.3 is 0 Å². The molecule has 0 aromatic heterocycles. The molecule has 0 atom stereocenters. The number of amides is 1. The van der Waals surface area contributed by atoms with Crippen LogP contribution < -0.4 is 10.2 Å². The first-order chi connectivity index (χ1) is 8.13. The molecule has 0 aliphatic rings. The summed E-state index contributed by atoms with van der Waals surface area (Å²) in [6, 6.07) is 8.16. The van der Waals surface area contributed by atoms with Crippen LogP contribution in [0.15, 0.2) is 24.3 Å². The lowest BCUT2D eigenvalue weighted by molar-refractivity contribution is -0.121. The van der Waals surface area contributed by atoms with Crippen LogP contribution in [0.1, 0.15) is 12.0 Å². The Morgan fingerprint density at radius 3 is 2.47 bits per heavy atom. The zero-order valence-corrected chi connectivity index (χ0v) is 10.4. The lowest BCUT2D eigenvalue weighted by Gasteiger charge is -2.12. The molecule has 1 rings (SSSR count). The molecule has 4 heteroatoms. The molecule has 1 amide bonds. The molecule has 17 heavy (non-hydrogen) atoms. The van der Waals surface area contributed by atoms with Crippen LogP contribution in [-0.2, 0) is 11.2 Å². The lowest BCUT2D eigenvalue weighted by atomic mass is 10.1. The summed E-state index contributed by atoms with van der Waals surface area (Å²) in [6.07, 6.45) is 1.19. The van der Waals surface area contributed by atoms with Gasteiger partial charge in [0.15, 0.2) is 0 Å². The molecule has 1 aromatic rings. The Balaban J connectivity index is 2.39. The molecule has 0 bridgehead atoms. The van der Waals surface area contributed by atoms with Gasteiger partial charge in [0.1, 0.15) is 0 Å². The molecule has 2 N–H and O–H groups in total. The molecule has 0 saturated heterocycles. The van der Waals surface area contributed by atoms with E-state index in [-0.39, 0.29) is 12.5 Å². The van der Waals surface area contributed by atoms with Crippen LogP contribution in [0.25, 0.3) is 0 Å². The largest absolute Gasteiger partial charge is 0.395 e. The Kier molecular flexibility index (Phi) is 5.49. The van der Waals surface area contributed by atoms with E-state index in [1.54, 1.807) is 0 Å². The van der Waals surface area contributed by atoms with Gasteiger partial charge in [0, 0.05) is 32.7 Å². The molecule has 0 heterocycles. The van der Waals surface area contributed by atoms with Gasteiger partial charge in [0.25, 0.3) is 0 Å². The third-order valence-electron chi connectivity index (χ3n) is 2.53. The molecule has 0 radical (unpaired) electrons. The van der Waals surface area contributed by atoms with Crippen LogP contribution in [0.3, 0.4) is 0 Å². The van der Waals surface area contributed by atoms with Gasteiger partial charge in [-0.05, 0) is 24.1 Å². The summed E-state index contributed by atoms with van der Waals surface area (Å²) in [4.78, 5) is 13.4. The van der Waals surface area contributed by atoms with Crippen LogP contribution >= 0.6 is 0 Å². The van der Waals surface area contributed by atoms with E-state index < -0.39 is 0 Å². The lowest BCUT2D eigenvalue weighted by Crippen LogP contribution is -2.26. The highest BCUT2D eigenvalue weighted by Gasteiger charge is 2.02. The number of benzene rings is 1. The van der Waals surface area contributed by atoms with Crippen LogP contribution in [0.2, 0.25) is 0 Å². The number of carbonyl (C=O) groups is 1. The smallest absolute Gasteiger partial charge is 0.220 e. The molecule has 0 saturated carbocycles. The number of hydrogen-bond donors (Lipinski definition) is 2. The van der Waals surface area contributed by atoms with E-state index in [1.807, 2.05) is 43.3 Å². The van der Waals surface area contributed by atoms with E-state index in [1.165, 1.54) is 0 Å². The minimum absolute atomic E-state index is 0.0106. The fourth-order valence-corrected chi connectivity index (χ4v) is 1.50. The van der Waals surface area contributed by atoms with E-state index in [9.17, 15) is 4.79 Å². The number of carbonyl (C=O) groups excluding carboxylic acids is 1. The fraction of sp³-hybridized carbons (Fsp3) is 0.462. The number of aryl methyl sites for hydroxylation is 1. The van der Waals surface area contributed by atoms with Gasteiger partial charge in [0.2, 0.25) is 5.91 Å². The molecule has 0 unspecified atom stereocenters. The van der Waals surface area contributed by atoms with Crippen LogP contribution in [0, 0.1) is 0 Å². The molecule has 0 fully saturated rings. The Morgan fingerprint density at radius 2 is 1.94 bits per heavy atom. The predicted molar refractivity (Wildman–Crippen MR) is 69.2 cm³/mol. The number of aliphatic hydroxyl groups excluding tert-OH is 1. The van der Waals surface area contributed by atoms with Crippen molar-refractivity contribution >= 4 is 11.6 Å². The fourth-order valence-electron chi connectivity index (χ4n) is 1.50. The van der Waals surface area contributed by atoms with Crippen molar-refractivity contribution in [1.29, 1.82) is 0 Å². The maximum absolute atomic E-state index is 11.3.